The number of amides is 2. The Morgan fingerprint density at radius 3 is 2.81 bits per heavy atom. The second-order valence-electron chi connectivity index (χ2n) is 4.04. The second-order valence-corrected chi connectivity index (χ2v) is 4.04. The van der Waals surface area contributed by atoms with Gasteiger partial charge in [-0.1, -0.05) is 0 Å². The number of ether oxygens (including phenoxy) is 1. The van der Waals surface area contributed by atoms with Crippen LogP contribution in [0.3, 0.4) is 0 Å². The molecule has 1 rings (SSSR count). The topological polar surface area (TPSA) is 70.6 Å². The molecule has 16 heavy (non-hydrogen) atoms. The molecule has 0 radical (unpaired) electrons. The van der Waals surface area contributed by atoms with E-state index >= 15 is 0 Å². The van der Waals surface area contributed by atoms with Crippen LogP contribution < -0.4 is 10.6 Å². The number of hydrogen-bond donors (Lipinski definition) is 3. The first-order chi connectivity index (χ1) is 7.83. The predicted octanol–water partition coefficient (Wildman–Crippen LogP) is 0.627. The van der Waals surface area contributed by atoms with E-state index in [0.29, 0.717) is 25.6 Å². The van der Waals surface area contributed by atoms with Crippen LogP contribution in [0, 0.1) is 0 Å². The maximum Gasteiger partial charge on any atom is 0.314 e. The summed E-state index contributed by atoms with van der Waals surface area (Å²) in [6, 6.07) is -0.163. The van der Waals surface area contributed by atoms with E-state index in [4.69, 9.17) is 9.84 Å². The fraction of sp³-hybridized carbons (Fsp3) is 0.909. The van der Waals surface area contributed by atoms with Gasteiger partial charge in [-0.2, -0.15) is 0 Å². The number of nitrogens with one attached hydrogen (secondary N) is 2. The standard InChI is InChI=1S/C11H22N2O3/c14-8-3-6-12-11(15)13-7-5-10-4-1-2-9-16-10/h10,14H,1-9H2,(H2,12,13,15). The van der Waals surface area contributed by atoms with Crippen LogP contribution in [-0.4, -0.2) is 43.5 Å². The van der Waals surface area contributed by atoms with Gasteiger partial charge in [-0.15, -0.1) is 0 Å². The number of hydrogen-bond acceptors (Lipinski definition) is 3. The highest BCUT2D eigenvalue weighted by Crippen LogP contribution is 2.14. The van der Waals surface area contributed by atoms with Gasteiger partial charge in [-0.3, -0.25) is 0 Å². The lowest BCUT2D eigenvalue weighted by molar-refractivity contribution is 0.0120. The number of rotatable bonds is 6. The van der Waals surface area contributed by atoms with E-state index in [9.17, 15) is 4.79 Å². The lowest BCUT2D eigenvalue weighted by Crippen LogP contribution is -2.38. The summed E-state index contributed by atoms with van der Waals surface area (Å²) in [5.41, 5.74) is 0. The Kier molecular flexibility index (Phi) is 6.92. The first kappa shape index (κ1) is 13.3. The van der Waals surface area contributed by atoms with Crippen molar-refractivity contribution in [1.82, 2.24) is 10.6 Å². The van der Waals surface area contributed by atoms with E-state index in [1.54, 1.807) is 0 Å². The molecule has 5 heteroatoms. The van der Waals surface area contributed by atoms with Crippen LogP contribution in [0.1, 0.15) is 32.1 Å². The molecule has 94 valence electrons. The highest BCUT2D eigenvalue weighted by atomic mass is 16.5. The summed E-state index contributed by atoms with van der Waals surface area (Å²) >= 11 is 0. The van der Waals surface area contributed by atoms with Gasteiger partial charge in [-0.05, 0) is 32.1 Å². The van der Waals surface area contributed by atoms with Crippen molar-refractivity contribution in [1.29, 1.82) is 0 Å². The van der Waals surface area contributed by atoms with E-state index in [1.807, 2.05) is 0 Å². The highest BCUT2D eigenvalue weighted by molar-refractivity contribution is 5.73. The average molecular weight is 230 g/mol. The molecule has 1 aliphatic heterocycles. The van der Waals surface area contributed by atoms with Crippen LogP contribution in [0.2, 0.25) is 0 Å². The number of urea groups is 1. The lowest BCUT2D eigenvalue weighted by Gasteiger charge is -2.22. The van der Waals surface area contributed by atoms with Gasteiger partial charge in [0.25, 0.3) is 0 Å². The molecule has 2 amide bonds. The van der Waals surface area contributed by atoms with Crippen LogP contribution in [-0.2, 0) is 4.74 Å². The van der Waals surface area contributed by atoms with Gasteiger partial charge in [0.05, 0.1) is 6.10 Å². The van der Waals surface area contributed by atoms with E-state index in [1.165, 1.54) is 6.42 Å². The Hall–Kier alpha value is -0.810. The summed E-state index contributed by atoms with van der Waals surface area (Å²) in [4.78, 5) is 11.2. The minimum Gasteiger partial charge on any atom is -0.396 e. The zero-order valence-corrected chi connectivity index (χ0v) is 9.71. The molecular weight excluding hydrogens is 208 g/mol. The third-order valence-electron chi connectivity index (χ3n) is 2.65. The van der Waals surface area contributed by atoms with Gasteiger partial charge in [0.15, 0.2) is 0 Å². The molecule has 1 atom stereocenters. The molecule has 0 aromatic rings. The smallest absolute Gasteiger partial charge is 0.314 e. The number of carbonyl (C=O) groups is 1. The Morgan fingerprint density at radius 1 is 1.31 bits per heavy atom. The molecular formula is C11H22N2O3. The van der Waals surface area contributed by atoms with Crippen LogP contribution in [0.4, 0.5) is 4.79 Å². The fourth-order valence-corrected chi connectivity index (χ4v) is 1.73. The third-order valence-corrected chi connectivity index (χ3v) is 2.65. The quantitative estimate of drug-likeness (QED) is 0.586. The monoisotopic (exact) mass is 230 g/mol. The molecule has 1 heterocycles. The minimum absolute atomic E-state index is 0.107. The summed E-state index contributed by atoms with van der Waals surface area (Å²) in [7, 11) is 0. The summed E-state index contributed by atoms with van der Waals surface area (Å²) in [5.74, 6) is 0. The molecule has 1 fully saturated rings. The zero-order chi connectivity index (χ0) is 11.6. The van der Waals surface area contributed by atoms with Crippen molar-refractivity contribution in [3.63, 3.8) is 0 Å². The number of carbonyl (C=O) groups excluding carboxylic acids is 1. The van der Waals surface area contributed by atoms with Gasteiger partial charge in [0.2, 0.25) is 0 Å². The molecule has 3 N–H and O–H groups in total. The predicted molar refractivity (Wildman–Crippen MR) is 61.3 cm³/mol. The highest BCUT2D eigenvalue weighted by Gasteiger charge is 2.13. The van der Waals surface area contributed by atoms with Crippen LogP contribution in [0.5, 0.6) is 0 Å². The lowest BCUT2D eigenvalue weighted by atomic mass is 10.1. The maximum atomic E-state index is 11.2. The Labute approximate surface area is 96.6 Å². The van der Waals surface area contributed by atoms with Gasteiger partial charge >= 0.3 is 6.03 Å². The summed E-state index contributed by atoms with van der Waals surface area (Å²) in [6.45, 7) is 2.13. The average Bonchev–Trinajstić information content (AvgIpc) is 2.31. The van der Waals surface area contributed by atoms with Crippen LogP contribution in [0.15, 0.2) is 0 Å². The third kappa shape index (κ3) is 5.92. The zero-order valence-electron chi connectivity index (χ0n) is 9.71. The fourth-order valence-electron chi connectivity index (χ4n) is 1.73. The molecule has 1 aliphatic rings. The Balaban J connectivity index is 1.94. The van der Waals surface area contributed by atoms with E-state index < -0.39 is 0 Å². The molecule has 0 spiro atoms. The summed E-state index contributed by atoms with van der Waals surface area (Å²) in [5, 5.41) is 14.0. The molecule has 0 bridgehead atoms. The van der Waals surface area contributed by atoms with Crippen molar-refractivity contribution in [2.24, 2.45) is 0 Å². The van der Waals surface area contributed by atoms with Crippen molar-refractivity contribution in [2.75, 3.05) is 26.3 Å². The van der Waals surface area contributed by atoms with Gasteiger partial charge in [-0.25, -0.2) is 4.79 Å². The van der Waals surface area contributed by atoms with Crippen LogP contribution in [0.25, 0.3) is 0 Å². The molecule has 1 unspecified atom stereocenters. The molecule has 0 aliphatic carbocycles. The van der Waals surface area contributed by atoms with Crippen molar-refractivity contribution in [3.05, 3.63) is 0 Å². The van der Waals surface area contributed by atoms with Gasteiger partial charge in [0.1, 0.15) is 0 Å². The minimum atomic E-state index is -0.163. The number of aliphatic hydroxyl groups is 1. The molecule has 0 saturated carbocycles. The first-order valence-corrected chi connectivity index (χ1v) is 6.07. The summed E-state index contributed by atoms with van der Waals surface area (Å²) < 4.78 is 5.55. The number of aliphatic hydroxyl groups excluding tert-OH is 1. The van der Waals surface area contributed by atoms with Crippen molar-refractivity contribution in [2.45, 2.75) is 38.2 Å². The SMILES string of the molecule is O=C(NCCCO)NCCC1CCCCO1. The molecule has 1 saturated heterocycles. The largest absolute Gasteiger partial charge is 0.396 e. The van der Waals surface area contributed by atoms with Crippen molar-refractivity contribution < 1.29 is 14.6 Å². The van der Waals surface area contributed by atoms with E-state index in [-0.39, 0.29) is 12.6 Å². The summed E-state index contributed by atoms with van der Waals surface area (Å²) in [6.07, 6.45) is 5.28. The van der Waals surface area contributed by atoms with Crippen molar-refractivity contribution >= 4 is 6.03 Å². The maximum absolute atomic E-state index is 11.2. The van der Waals surface area contributed by atoms with E-state index in [0.717, 1.165) is 25.9 Å². The molecule has 0 aromatic heterocycles. The second kappa shape index (κ2) is 8.35. The molecule has 0 aromatic carbocycles. The van der Waals surface area contributed by atoms with Crippen LogP contribution >= 0.6 is 0 Å². The Morgan fingerprint density at radius 2 is 2.12 bits per heavy atom. The van der Waals surface area contributed by atoms with Gasteiger partial charge < -0.3 is 20.5 Å². The first-order valence-electron chi connectivity index (χ1n) is 6.07. The normalized spacial score (nSPS) is 20.4. The van der Waals surface area contributed by atoms with Crippen molar-refractivity contribution in [3.8, 4) is 0 Å². The van der Waals surface area contributed by atoms with E-state index in [2.05, 4.69) is 10.6 Å². The Bertz CT molecular complexity index is 194. The molecule has 5 nitrogen and oxygen atoms in total. The van der Waals surface area contributed by atoms with Gasteiger partial charge in [0, 0.05) is 26.3 Å².